The number of aromatic nitrogens is 1. The van der Waals surface area contributed by atoms with Crippen molar-refractivity contribution in [3.8, 4) is 0 Å². The molecule has 12 heteroatoms. The Kier molecular flexibility index (Phi) is 8.66. The molecule has 6 atom stereocenters. The number of carbonyl (C=O) groups is 4. The summed E-state index contributed by atoms with van der Waals surface area (Å²) in [5, 5.41) is 35.2. The quantitative estimate of drug-likeness (QED) is 0.211. The van der Waals surface area contributed by atoms with Crippen LogP contribution in [0, 0.1) is 0 Å². The first kappa shape index (κ1) is 27.1. The maximum Gasteiger partial charge on any atom is 0.326 e. The molecule has 1 fully saturated rings. The van der Waals surface area contributed by atoms with Gasteiger partial charge in [0.05, 0.1) is 12.2 Å². The Morgan fingerprint density at radius 2 is 1.83 bits per heavy atom. The average Bonchev–Trinajstić information content (AvgIpc) is 3.48. The Labute approximate surface area is 207 Å². The van der Waals surface area contributed by atoms with Crippen LogP contribution >= 0.6 is 0 Å². The first-order chi connectivity index (χ1) is 17.0. The highest BCUT2D eigenvalue weighted by Crippen LogP contribution is 2.22. The smallest absolute Gasteiger partial charge is 0.326 e. The molecule has 196 valence electrons. The molecule has 36 heavy (non-hydrogen) atoms. The van der Waals surface area contributed by atoms with Crippen molar-refractivity contribution in [3.05, 3.63) is 36.0 Å². The number of likely N-dealkylation sites (tertiary alicyclic amines) is 1. The SMILES string of the molecule is CC(O)C(N)C(=O)NC(C(=O)N1CCCC1C(=O)NC(Cc1c[nH]c2ccccc12)C(=O)O)C(C)O. The summed E-state index contributed by atoms with van der Waals surface area (Å²) in [4.78, 5) is 54.8. The van der Waals surface area contributed by atoms with Gasteiger partial charge in [0.1, 0.15) is 24.2 Å². The van der Waals surface area contributed by atoms with Crippen molar-refractivity contribution in [2.45, 2.75) is 69.5 Å². The number of amides is 3. The summed E-state index contributed by atoms with van der Waals surface area (Å²) in [6.45, 7) is 2.82. The van der Waals surface area contributed by atoms with E-state index in [0.717, 1.165) is 16.5 Å². The van der Waals surface area contributed by atoms with E-state index < -0.39 is 60.1 Å². The van der Waals surface area contributed by atoms with Crippen LogP contribution in [0.3, 0.4) is 0 Å². The van der Waals surface area contributed by atoms with Crippen LogP contribution < -0.4 is 16.4 Å². The Morgan fingerprint density at radius 3 is 2.47 bits per heavy atom. The molecule has 0 saturated carbocycles. The second-order valence-corrected chi connectivity index (χ2v) is 9.15. The Hall–Kier alpha value is -3.48. The van der Waals surface area contributed by atoms with Crippen LogP contribution in [0.25, 0.3) is 10.9 Å². The van der Waals surface area contributed by atoms with Crippen molar-refractivity contribution in [3.63, 3.8) is 0 Å². The van der Waals surface area contributed by atoms with Gasteiger partial charge in [0.15, 0.2) is 0 Å². The number of nitrogens with zero attached hydrogens (tertiary/aromatic N) is 1. The number of aliphatic hydroxyl groups is 2. The molecule has 3 amide bonds. The summed E-state index contributed by atoms with van der Waals surface area (Å²) in [6.07, 6.45) is 0.0368. The minimum absolute atomic E-state index is 0.0370. The van der Waals surface area contributed by atoms with Crippen LogP contribution in [0.4, 0.5) is 0 Å². The highest BCUT2D eigenvalue weighted by molar-refractivity contribution is 5.95. The van der Waals surface area contributed by atoms with E-state index in [1.165, 1.54) is 18.7 Å². The number of aromatic amines is 1. The number of carbonyl (C=O) groups excluding carboxylic acids is 3. The van der Waals surface area contributed by atoms with Gasteiger partial charge in [-0.2, -0.15) is 0 Å². The Balaban J connectivity index is 1.72. The molecule has 1 aromatic carbocycles. The molecule has 0 bridgehead atoms. The van der Waals surface area contributed by atoms with Crippen LogP contribution in [0.15, 0.2) is 30.5 Å². The Bertz CT molecular complexity index is 1120. The second kappa shape index (κ2) is 11.5. The average molecular weight is 504 g/mol. The number of rotatable bonds is 10. The lowest BCUT2D eigenvalue weighted by atomic mass is 10.0. The summed E-state index contributed by atoms with van der Waals surface area (Å²) < 4.78 is 0. The molecule has 6 unspecified atom stereocenters. The van der Waals surface area contributed by atoms with Crippen molar-refractivity contribution in [1.82, 2.24) is 20.5 Å². The number of benzene rings is 1. The van der Waals surface area contributed by atoms with Gasteiger partial charge < -0.3 is 41.6 Å². The zero-order valence-corrected chi connectivity index (χ0v) is 20.2. The maximum atomic E-state index is 13.2. The predicted molar refractivity (Wildman–Crippen MR) is 130 cm³/mol. The largest absolute Gasteiger partial charge is 0.480 e. The summed E-state index contributed by atoms with van der Waals surface area (Å²) in [7, 11) is 0. The zero-order valence-electron chi connectivity index (χ0n) is 20.2. The third-order valence-electron chi connectivity index (χ3n) is 6.42. The molecule has 0 radical (unpaired) electrons. The standard InChI is InChI=1S/C24H33N5O7/c1-12(30)19(25)22(33)28-20(13(2)31)23(34)29-9-5-8-18(29)21(32)27-17(24(35)36)10-14-11-26-16-7-4-3-6-15(14)16/h3-4,6-7,11-13,17-20,26,30-31H,5,8-10,25H2,1-2H3,(H,27,32)(H,28,33)(H,35,36). The molecule has 3 rings (SSSR count). The molecule has 1 saturated heterocycles. The molecular weight excluding hydrogens is 470 g/mol. The third-order valence-corrected chi connectivity index (χ3v) is 6.42. The monoisotopic (exact) mass is 503 g/mol. The number of carboxylic acid groups (broad SMARTS) is 1. The fourth-order valence-electron chi connectivity index (χ4n) is 4.33. The highest BCUT2D eigenvalue weighted by Gasteiger charge is 2.40. The number of nitrogens with two attached hydrogens (primary N) is 1. The van der Waals surface area contributed by atoms with Crippen LogP contribution in [0.1, 0.15) is 32.3 Å². The molecular formula is C24H33N5O7. The minimum Gasteiger partial charge on any atom is -0.480 e. The van der Waals surface area contributed by atoms with E-state index >= 15 is 0 Å². The number of hydrogen-bond acceptors (Lipinski definition) is 7. The second-order valence-electron chi connectivity index (χ2n) is 9.15. The van der Waals surface area contributed by atoms with E-state index in [2.05, 4.69) is 15.6 Å². The number of H-pyrrole nitrogens is 1. The summed E-state index contributed by atoms with van der Waals surface area (Å²) >= 11 is 0. The van der Waals surface area contributed by atoms with E-state index in [1.54, 1.807) is 6.20 Å². The summed E-state index contributed by atoms with van der Waals surface area (Å²) in [6, 6.07) is 2.51. The zero-order chi connectivity index (χ0) is 26.6. The van der Waals surface area contributed by atoms with Gasteiger partial charge in [-0.3, -0.25) is 14.4 Å². The molecule has 1 aliphatic heterocycles. The van der Waals surface area contributed by atoms with Gasteiger partial charge in [-0.1, -0.05) is 18.2 Å². The topological polar surface area (TPSA) is 198 Å². The van der Waals surface area contributed by atoms with Crippen LogP contribution in [-0.2, 0) is 25.6 Å². The molecule has 1 aromatic heterocycles. The van der Waals surface area contributed by atoms with Crippen molar-refractivity contribution >= 4 is 34.6 Å². The van der Waals surface area contributed by atoms with Gasteiger partial charge in [-0.25, -0.2) is 4.79 Å². The molecule has 2 aromatic rings. The van der Waals surface area contributed by atoms with Gasteiger partial charge in [0.25, 0.3) is 0 Å². The van der Waals surface area contributed by atoms with Crippen molar-refractivity contribution in [2.24, 2.45) is 5.73 Å². The van der Waals surface area contributed by atoms with Gasteiger partial charge in [0, 0.05) is 30.1 Å². The molecule has 2 heterocycles. The maximum absolute atomic E-state index is 13.2. The first-order valence-corrected chi connectivity index (χ1v) is 11.8. The fraction of sp³-hybridized carbons (Fsp3) is 0.500. The lowest BCUT2D eigenvalue weighted by Crippen LogP contribution is -2.60. The number of fused-ring (bicyclic) bond motifs is 1. The molecule has 0 spiro atoms. The number of para-hydroxylation sites is 1. The third kappa shape index (κ3) is 6.01. The fourth-order valence-corrected chi connectivity index (χ4v) is 4.33. The lowest BCUT2D eigenvalue weighted by molar-refractivity contribution is -0.146. The van der Waals surface area contributed by atoms with Crippen molar-refractivity contribution in [2.75, 3.05) is 6.54 Å². The number of hydrogen-bond donors (Lipinski definition) is 7. The Morgan fingerprint density at radius 1 is 1.14 bits per heavy atom. The molecule has 12 nitrogen and oxygen atoms in total. The normalized spacial score (nSPS) is 19.8. The van der Waals surface area contributed by atoms with Crippen LogP contribution in [0.2, 0.25) is 0 Å². The van der Waals surface area contributed by atoms with Gasteiger partial charge in [0.2, 0.25) is 17.7 Å². The summed E-state index contributed by atoms with van der Waals surface area (Å²) in [5.41, 5.74) is 7.19. The highest BCUT2D eigenvalue weighted by atomic mass is 16.4. The van der Waals surface area contributed by atoms with E-state index in [0.29, 0.717) is 12.8 Å². The number of nitrogens with one attached hydrogen (secondary N) is 3. The van der Waals surface area contributed by atoms with E-state index in [4.69, 9.17) is 5.73 Å². The van der Waals surface area contributed by atoms with Gasteiger partial charge >= 0.3 is 5.97 Å². The minimum atomic E-state index is -1.39. The van der Waals surface area contributed by atoms with Gasteiger partial charge in [-0.05, 0) is 38.3 Å². The molecule has 1 aliphatic rings. The van der Waals surface area contributed by atoms with E-state index in [-0.39, 0.29) is 13.0 Å². The number of carboxylic acids is 1. The lowest BCUT2D eigenvalue weighted by Gasteiger charge is -2.31. The molecule has 0 aliphatic carbocycles. The van der Waals surface area contributed by atoms with Crippen LogP contribution in [0.5, 0.6) is 0 Å². The van der Waals surface area contributed by atoms with Crippen molar-refractivity contribution in [1.29, 1.82) is 0 Å². The van der Waals surface area contributed by atoms with E-state index in [9.17, 15) is 34.5 Å². The van der Waals surface area contributed by atoms with Crippen LogP contribution in [-0.4, -0.2) is 91.8 Å². The first-order valence-electron chi connectivity index (χ1n) is 11.8. The van der Waals surface area contributed by atoms with Crippen molar-refractivity contribution < 1.29 is 34.5 Å². The van der Waals surface area contributed by atoms with Gasteiger partial charge in [-0.15, -0.1) is 0 Å². The predicted octanol–water partition coefficient (Wildman–Crippen LogP) is -1.16. The van der Waals surface area contributed by atoms with E-state index in [1.807, 2.05) is 24.3 Å². The number of aliphatic carboxylic acids is 1. The summed E-state index contributed by atoms with van der Waals surface area (Å²) in [5.74, 6) is -3.37. The number of aliphatic hydroxyl groups excluding tert-OH is 2. The molecule has 8 N–H and O–H groups in total.